The summed E-state index contributed by atoms with van der Waals surface area (Å²) in [6, 6.07) is 11.3. The Hall–Kier alpha value is -3.50. The van der Waals surface area contributed by atoms with E-state index in [0.717, 1.165) is 16.8 Å². The van der Waals surface area contributed by atoms with Crippen molar-refractivity contribution in [3.05, 3.63) is 65.7 Å². The maximum Gasteiger partial charge on any atom is 0.291 e. The lowest BCUT2D eigenvalue weighted by atomic mass is 9.95. The molecule has 2 aromatic heterocycles. The van der Waals surface area contributed by atoms with E-state index in [4.69, 9.17) is 0 Å². The van der Waals surface area contributed by atoms with Crippen LogP contribution in [0.2, 0.25) is 0 Å². The molecule has 1 amide bonds. The van der Waals surface area contributed by atoms with Crippen molar-refractivity contribution in [3.63, 3.8) is 0 Å². The minimum atomic E-state index is -3.13. The summed E-state index contributed by atoms with van der Waals surface area (Å²) >= 11 is 0. The van der Waals surface area contributed by atoms with Gasteiger partial charge in [0, 0.05) is 29.1 Å². The fourth-order valence-corrected chi connectivity index (χ4v) is 4.20. The molecule has 0 aliphatic carbocycles. The van der Waals surface area contributed by atoms with Crippen LogP contribution in [-0.2, 0) is 22.0 Å². The van der Waals surface area contributed by atoms with E-state index in [-0.39, 0.29) is 18.1 Å². The molecule has 4 rings (SSSR count). The number of fused-ring (bicyclic) bond motifs is 1. The first kappa shape index (κ1) is 23.7. The third-order valence-electron chi connectivity index (χ3n) is 5.41. The molecular formula is C24H27N5O4S. The van der Waals surface area contributed by atoms with Crippen LogP contribution in [0, 0.1) is 6.92 Å². The third-order valence-corrected chi connectivity index (χ3v) is 6.33. The van der Waals surface area contributed by atoms with E-state index < -0.39 is 21.3 Å². The van der Waals surface area contributed by atoms with E-state index in [1.165, 1.54) is 6.26 Å². The van der Waals surface area contributed by atoms with Gasteiger partial charge in [-0.15, -0.1) is 0 Å². The van der Waals surface area contributed by atoms with E-state index in [1.54, 1.807) is 43.1 Å². The highest BCUT2D eigenvalue weighted by Gasteiger charge is 2.24. The number of sulfone groups is 1. The summed E-state index contributed by atoms with van der Waals surface area (Å²) in [5.74, 6) is -0.347. The van der Waals surface area contributed by atoms with E-state index in [0.29, 0.717) is 22.2 Å². The van der Waals surface area contributed by atoms with Crippen molar-refractivity contribution in [2.24, 2.45) is 0 Å². The molecule has 2 aromatic carbocycles. The second-order valence-electron chi connectivity index (χ2n) is 9.01. The third kappa shape index (κ3) is 5.35. The summed E-state index contributed by atoms with van der Waals surface area (Å²) < 4.78 is 24.5. The van der Waals surface area contributed by atoms with Gasteiger partial charge in [0.05, 0.1) is 35.3 Å². The lowest BCUT2D eigenvalue weighted by Gasteiger charge is -2.21. The standard InChI is InChI=1S/C24H27N5O4S/c1-15-6-5-7-16(10-15)21-13-25-22(26-21)23(30)27-20-11-17-14-29(8-9-34(4,32)33)28-19(17)12-18(20)24(2,3)31/h5-7,10-14,31H,8-9H2,1-4H3,(H,25,26)(H,27,30). The number of benzene rings is 2. The van der Waals surface area contributed by atoms with Crippen LogP contribution in [0.15, 0.2) is 48.8 Å². The minimum absolute atomic E-state index is 0.0370. The van der Waals surface area contributed by atoms with Crippen molar-refractivity contribution < 1.29 is 18.3 Å². The molecule has 2 heterocycles. The number of anilines is 1. The molecule has 9 nitrogen and oxygen atoms in total. The normalized spacial score (nSPS) is 12.3. The largest absolute Gasteiger partial charge is 0.386 e. The molecule has 0 radical (unpaired) electrons. The van der Waals surface area contributed by atoms with E-state index in [2.05, 4.69) is 20.4 Å². The van der Waals surface area contributed by atoms with Gasteiger partial charge in [-0.3, -0.25) is 9.48 Å². The predicted octanol–water partition coefficient (Wildman–Crippen LogP) is 3.26. The van der Waals surface area contributed by atoms with Gasteiger partial charge in [-0.2, -0.15) is 5.10 Å². The second kappa shape index (κ2) is 8.69. The lowest BCUT2D eigenvalue weighted by molar-refractivity contribution is 0.0793. The molecule has 0 saturated heterocycles. The lowest BCUT2D eigenvalue weighted by Crippen LogP contribution is -2.21. The van der Waals surface area contributed by atoms with Crippen LogP contribution < -0.4 is 5.32 Å². The number of H-pyrrole nitrogens is 1. The molecule has 0 bridgehead atoms. The minimum Gasteiger partial charge on any atom is -0.386 e. The smallest absolute Gasteiger partial charge is 0.291 e. The first-order valence-corrected chi connectivity index (χ1v) is 12.8. The zero-order valence-corrected chi connectivity index (χ0v) is 20.3. The number of amides is 1. The molecule has 3 N–H and O–H groups in total. The van der Waals surface area contributed by atoms with Crippen LogP contribution in [0.1, 0.15) is 35.6 Å². The Morgan fingerprint density at radius 1 is 1.24 bits per heavy atom. The number of hydrogen-bond acceptors (Lipinski definition) is 6. The topological polar surface area (TPSA) is 130 Å². The summed E-state index contributed by atoms with van der Waals surface area (Å²) in [5, 5.41) is 18.7. The number of rotatable bonds is 7. The Morgan fingerprint density at radius 3 is 2.68 bits per heavy atom. The van der Waals surface area contributed by atoms with Gasteiger partial charge in [0.25, 0.3) is 5.91 Å². The second-order valence-corrected chi connectivity index (χ2v) is 11.3. The number of nitrogens with one attached hydrogen (secondary N) is 2. The summed E-state index contributed by atoms with van der Waals surface area (Å²) in [6.07, 6.45) is 4.50. The number of aryl methyl sites for hydroxylation is 2. The monoisotopic (exact) mass is 481 g/mol. The Bertz CT molecular complexity index is 1480. The van der Waals surface area contributed by atoms with E-state index in [9.17, 15) is 18.3 Å². The number of aromatic nitrogens is 4. The highest BCUT2D eigenvalue weighted by atomic mass is 32.2. The average Bonchev–Trinajstić information content (AvgIpc) is 3.37. The molecule has 0 saturated carbocycles. The number of imidazole rings is 1. The fraction of sp³-hybridized carbons (Fsp3) is 0.292. The van der Waals surface area contributed by atoms with Crippen LogP contribution in [0.25, 0.3) is 22.2 Å². The summed E-state index contributed by atoms with van der Waals surface area (Å²) in [5.41, 5.74) is 2.96. The zero-order valence-electron chi connectivity index (χ0n) is 19.5. The van der Waals surface area contributed by atoms with Gasteiger partial charge in [-0.25, -0.2) is 13.4 Å². The fourth-order valence-electron chi connectivity index (χ4n) is 3.68. The van der Waals surface area contributed by atoms with Crippen molar-refractivity contribution >= 4 is 32.3 Å². The predicted molar refractivity (Wildman–Crippen MR) is 131 cm³/mol. The Balaban J connectivity index is 1.64. The number of nitrogens with zero attached hydrogens (tertiary/aromatic N) is 3. The van der Waals surface area contributed by atoms with Crippen molar-refractivity contribution in [2.45, 2.75) is 32.9 Å². The van der Waals surface area contributed by atoms with Gasteiger partial charge in [0.2, 0.25) is 0 Å². The highest BCUT2D eigenvalue weighted by Crippen LogP contribution is 2.32. The van der Waals surface area contributed by atoms with E-state index in [1.807, 2.05) is 31.2 Å². The highest BCUT2D eigenvalue weighted by molar-refractivity contribution is 7.90. The maximum atomic E-state index is 13.0. The molecular weight excluding hydrogens is 454 g/mol. The van der Waals surface area contributed by atoms with Gasteiger partial charge < -0.3 is 15.4 Å². The summed E-state index contributed by atoms with van der Waals surface area (Å²) in [4.78, 5) is 20.3. The Morgan fingerprint density at radius 2 is 2.00 bits per heavy atom. The molecule has 34 heavy (non-hydrogen) atoms. The van der Waals surface area contributed by atoms with Crippen molar-refractivity contribution in [3.8, 4) is 11.3 Å². The van der Waals surface area contributed by atoms with Crippen LogP contribution in [-0.4, -0.2) is 51.2 Å². The molecule has 0 fully saturated rings. The Kier molecular flexibility index (Phi) is 6.05. The molecule has 0 atom stereocenters. The first-order valence-electron chi connectivity index (χ1n) is 10.7. The number of carbonyl (C=O) groups is 1. The molecule has 178 valence electrons. The average molecular weight is 482 g/mol. The Labute approximate surface area is 197 Å². The quantitative estimate of drug-likeness (QED) is 0.371. The zero-order chi connectivity index (χ0) is 24.7. The van der Waals surface area contributed by atoms with Crippen molar-refractivity contribution in [1.82, 2.24) is 19.7 Å². The molecule has 0 aliphatic heterocycles. The molecule has 0 spiro atoms. The van der Waals surface area contributed by atoms with Crippen LogP contribution >= 0.6 is 0 Å². The van der Waals surface area contributed by atoms with Crippen molar-refractivity contribution in [2.75, 3.05) is 17.3 Å². The van der Waals surface area contributed by atoms with Crippen LogP contribution in [0.5, 0.6) is 0 Å². The maximum absolute atomic E-state index is 13.0. The van der Waals surface area contributed by atoms with Crippen LogP contribution in [0.3, 0.4) is 0 Å². The number of hydrogen-bond donors (Lipinski definition) is 3. The van der Waals surface area contributed by atoms with Gasteiger partial charge >= 0.3 is 0 Å². The van der Waals surface area contributed by atoms with Crippen LogP contribution in [0.4, 0.5) is 5.69 Å². The molecule has 0 aliphatic rings. The first-order chi connectivity index (χ1) is 15.9. The van der Waals surface area contributed by atoms with Gasteiger partial charge in [0.1, 0.15) is 9.84 Å². The van der Waals surface area contributed by atoms with Gasteiger partial charge in [-0.1, -0.05) is 23.8 Å². The number of aliphatic hydroxyl groups is 1. The number of carbonyl (C=O) groups excluding carboxylic acids is 1. The summed E-state index contributed by atoms with van der Waals surface area (Å²) in [6.45, 7) is 5.44. The van der Waals surface area contributed by atoms with Gasteiger partial charge in [-0.05, 0) is 44.5 Å². The SMILES string of the molecule is Cc1cccc(-c2cnc(C(=O)Nc3cc4cn(CCS(C)(=O)=O)nc4cc3C(C)(C)O)[nH]2)c1. The van der Waals surface area contributed by atoms with Gasteiger partial charge in [0.15, 0.2) is 5.82 Å². The number of aromatic amines is 1. The van der Waals surface area contributed by atoms with E-state index >= 15 is 0 Å². The van der Waals surface area contributed by atoms with Crippen molar-refractivity contribution in [1.29, 1.82) is 0 Å². The molecule has 10 heteroatoms. The molecule has 4 aromatic rings. The molecule has 0 unspecified atom stereocenters. The summed E-state index contributed by atoms with van der Waals surface area (Å²) in [7, 11) is -3.13.